The number of hydrogen-bond donors (Lipinski definition) is 2. The molecule has 0 aliphatic carbocycles. The van der Waals surface area contributed by atoms with Crippen LogP contribution in [0.4, 0.5) is 5.13 Å². The zero-order valence-electron chi connectivity index (χ0n) is 17.5. The first-order valence-corrected chi connectivity index (χ1v) is 12.2. The monoisotopic (exact) mass is 467 g/mol. The number of aromatic nitrogens is 1. The third kappa shape index (κ3) is 4.36. The molecule has 0 saturated heterocycles. The fourth-order valence-electron chi connectivity index (χ4n) is 3.27. The van der Waals surface area contributed by atoms with Crippen LogP contribution in [-0.4, -0.2) is 33.0 Å². The van der Waals surface area contributed by atoms with E-state index in [1.54, 1.807) is 14.0 Å². The van der Waals surface area contributed by atoms with Crippen molar-refractivity contribution in [3.63, 3.8) is 0 Å². The molecule has 32 heavy (non-hydrogen) atoms. The van der Waals surface area contributed by atoms with E-state index in [0.29, 0.717) is 22.0 Å². The van der Waals surface area contributed by atoms with Gasteiger partial charge < -0.3 is 4.74 Å². The van der Waals surface area contributed by atoms with Crippen molar-refractivity contribution >= 4 is 42.6 Å². The Labute approximate surface area is 190 Å². The van der Waals surface area contributed by atoms with E-state index in [2.05, 4.69) is 15.0 Å². The van der Waals surface area contributed by atoms with Gasteiger partial charge in [-0.1, -0.05) is 48.6 Å². The quantitative estimate of drug-likeness (QED) is 0.416. The molecule has 0 bridgehead atoms. The summed E-state index contributed by atoms with van der Waals surface area (Å²) in [6.45, 7) is 1.99. The summed E-state index contributed by atoms with van der Waals surface area (Å²) in [7, 11) is -1.99. The molecule has 0 atom stereocenters. The summed E-state index contributed by atoms with van der Waals surface area (Å²) >= 11 is 1.36. The molecule has 1 aromatic heterocycles. The van der Waals surface area contributed by atoms with Crippen molar-refractivity contribution < 1.29 is 17.9 Å². The summed E-state index contributed by atoms with van der Waals surface area (Å²) in [6, 6.07) is 19.5. The molecular formula is C23H21N3O4S2. The van der Waals surface area contributed by atoms with Crippen LogP contribution >= 0.6 is 11.3 Å². The molecule has 164 valence electrons. The Morgan fingerprint density at radius 1 is 1.03 bits per heavy atom. The van der Waals surface area contributed by atoms with Gasteiger partial charge in [0.15, 0.2) is 5.13 Å². The molecule has 9 heteroatoms. The molecule has 1 heterocycles. The van der Waals surface area contributed by atoms with Crippen LogP contribution in [0.3, 0.4) is 0 Å². The van der Waals surface area contributed by atoms with Gasteiger partial charge in [-0.05, 0) is 42.0 Å². The molecule has 0 aliphatic rings. The molecule has 0 aliphatic heterocycles. The van der Waals surface area contributed by atoms with Crippen molar-refractivity contribution in [1.82, 2.24) is 9.71 Å². The van der Waals surface area contributed by atoms with Crippen LogP contribution in [0, 0.1) is 0 Å². The summed E-state index contributed by atoms with van der Waals surface area (Å²) in [5.74, 6) is 0.242. The highest BCUT2D eigenvalue weighted by Crippen LogP contribution is 2.39. The number of carbonyl (C=O) groups excluding carboxylic acids is 1. The Hall–Kier alpha value is -3.27. The van der Waals surface area contributed by atoms with E-state index < -0.39 is 10.0 Å². The number of nitrogens with one attached hydrogen (secondary N) is 2. The van der Waals surface area contributed by atoms with E-state index in [1.165, 1.54) is 35.6 Å². The largest absolute Gasteiger partial charge is 0.494 e. The van der Waals surface area contributed by atoms with Gasteiger partial charge in [-0.2, -0.15) is 0 Å². The first kappa shape index (κ1) is 21.9. The minimum atomic E-state index is -3.57. The average molecular weight is 468 g/mol. The number of ether oxygens (including phenoxy) is 1. The number of rotatable bonds is 7. The van der Waals surface area contributed by atoms with Gasteiger partial charge in [-0.15, -0.1) is 0 Å². The van der Waals surface area contributed by atoms with Crippen LogP contribution in [0.15, 0.2) is 71.6 Å². The predicted molar refractivity (Wildman–Crippen MR) is 127 cm³/mol. The molecule has 0 spiro atoms. The number of thiazole rings is 1. The molecule has 0 saturated carbocycles. The molecule has 4 aromatic rings. The standard InChI is InChI=1S/C23H21N3O4S2/c1-3-24-32(28,29)17-11-9-16(10-12-17)22(27)26-23-25-20-19(30-2)14-13-18(21(20)31-23)15-7-5-4-6-8-15/h4-14,24H,3H2,1-2H3,(H,25,26,27). The average Bonchev–Trinajstić information content (AvgIpc) is 3.22. The maximum Gasteiger partial charge on any atom is 0.257 e. The molecule has 3 aromatic carbocycles. The highest BCUT2D eigenvalue weighted by Gasteiger charge is 2.17. The van der Waals surface area contributed by atoms with Gasteiger partial charge in [-0.25, -0.2) is 18.1 Å². The van der Waals surface area contributed by atoms with Crippen LogP contribution in [0.1, 0.15) is 17.3 Å². The topological polar surface area (TPSA) is 97.4 Å². The number of benzene rings is 3. The summed E-state index contributed by atoms with van der Waals surface area (Å²) < 4.78 is 32.9. The fraction of sp³-hybridized carbons (Fsp3) is 0.130. The van der Waals surface area contributed by atoms with Crippen LogP contribution in [0.25, 0.3) is 21.3 Å². The number of carbonyl (C=O) groups is 1. The van der Waals surface area contributed by atoms with Crippen molar-refractivity contribution in [2.24, 2.45) is 0 Å². The Balaban J connectivity index is 1.64. The minimum absolute atomic E-state index is 0.105. The SMILES string of the molecule is CCNS(=O)(=O)c1ccc(C(=O)Nc2nc3c(OC)ccc(-c4ccccc4)c3s2)cc1. The summed E-state index contributed by atoms with van der Waals surface area (Å²) in [6.07, 6.45) is 0. The van der Waals surface area contributed by atoms with Crippen molar-refractivity contribution in [3.05, 3.63) is 72.3 Å². The predicted octanol–water partition coefficient (Wildman–Crippen LogP) is 4.52. The van der Waals surface area contributed by atoms with Crippen LogP contribution < -0.4 is 14.8 Å². The van der Waals surface area contributed by atoms with Gasteiger partial charge in [0.25, 0.3) is 5.91 Å². The second kappa shape index (κ2) is 9.07. The number of amides is 1. The Morgan fingerprint density at radius 2 is 1.75 bits per heavy atom. The van der Waals surface area contributed by atoms with E-state index in [9.17, 15) is 13.2 Å². The van der Waals surface area contributed by atoms with Crippen LogP contribution in [0.5, 0.6) is 5.75 Å². The Bertz CT molecular complexity index is 1370. The number of methoxy groups -OCH3 is 1. The lowest BCUT2D eigenvalue weighted by molar-refractivity contribution is 0.102. The Morgan fingerprint density at radius 3 is 2.41 bits per heavy atom. The number of fused-ring (bicyclic) bond motifs is 1. The second-order valence-electron chi connectivity index (χ2n) is 6.86. The molecule has 4 rings (SSSR count). The van der Waals surface area contributed by atoms with E-state index in [1.807, 2.05) is 42.5 Å². The second-order valence-corrected chi connectivity index (χ2v) is 9.62. The molecular weight excluding hydrogens is 446 g/mol. The Kier molecular flexibility index (Phi) is 6.22. The highest BCUT2D eigenvalue weighted by atomic mass is 32.2. The lowest BCUT2D eigenvalue weighted by atomic mass is 10.1. The van der Waals surface area contributed by atoms with E-state index >= 15 is 0 Å². The van der Waals surface area contributed by atoms with Crippen molar-refractivity contribution in [2.45, 2.75) is 11.8 Å². The van der Waals surface area contributed by atoms with Crippen molar-refractivity contribution in [1.29, 1.82) is 0 Å². The van der Waals surface area contributed by atoms with E-state index in [4.69, 9.17) is 4.74 Å². The lowest BCUT2D eigenvalue weighted by Gasteiger charge is -2.06. The maximum absolute atomic E-state index is 12.7. The zero-order chi connectivity index (χ0) is 22.7. The summed E-state index contributed by atoms with van der Waals surface area (Å²) in [5.41, 5.74) is 3.03. The van der Waals surface area contributed by atoms with Gasteiger partial charge in [0.2, 0.25) is 10.0 Å². The fourth-order valence-corrected chi connectivity index (χ4v) is 5.33. The van der Waals surface area contributed by atoms with Gasteiger partial charge in [0.05, 0.1) is 16.7 Å². The highest BCUT2D eigenvalue weighted by molar-refractivity contribution is 7.89. The van der Waals surface area contributed by atoms with Gasteiger partial charge in [-0.3, -0.25) is 10.1 Å². The maximum atomic E-state index is 12.7. The van der Waals surface area contributed by atoms with E-state index in [-0.39, 0.29) is 17.3 Å². The van der Waals surface area contributed by atoms with Gasteiger partial charge in [0.1, 0.15) is 11.3 Å². The first-order chi connectivity index (χ1) is 15.4. The number of sulfonamides is 1. The molecule has 0 radical (unpaired) electrons. The number of anilines is 1. The van der Waals surface area contributed by atoms with Gasteiger partial charge in [0, 0.05) is 17.7 Å². The molecule has 0 unspecified atom stereocenters. The lowest BCUT2D eigenvalue weighted by Crippen LogP contribution is -2.23. The third-order valence-electron chi connectivity index (χ3n) is 4.79. The van der Waals surface area contributed by atoms with E-state index in [0.717, 1.165) is 15.8 Å². The van der Waals surface area contributed by atoms with Crippen molar-refractivity contribution in [3.8, 4) is 16.9 Å². The molecule has 2 N–H and O–H groups in total. The smallest absolute Gasteiger partial charge is 0.257 e. The first-order valence-electron chi connectivity index (χ1n) is 9.87. The number of nitrogens with zero attached hydrogens (tertiary/aromatic N) is 1. The normalized spacial score (nSPS) is 11.4. The number of hydrogen-bond acceptors (Lipinski definition) is 6. The van der Waals surface area contributed by atoms with Crippen LogP contribution in [-0.2, 0) is 10.0 Å². The van der Waals surface area contributed by atoms with Crippen LogP contribution in [0.2, 0.25) is 0 Å². The summed E-state index contributed by atoms with van der Waals surface area (Å²) in [5, 5.41) is 3.24. The van der Waals surface area contributed by atoms with Gasteiger partial charge >= 0.3 is 0 Å². The third-order valence-corrected chi connectivity index (χ3v) is 7.36. The zero-order valence-corrected chi connectivity index (χ0v) is 19.1. The minimum Gasteiger partial charge on any atom is -0.494 e. The molecule has 1 amide bonds. The van der Waals surface area contributed by atoms with Crippen molar-refractivity contribution in [2.75, 3.05) is 19.0 Å². The molecule has 0 fully saturated rings. The molecule has 7 nitrogen and oxygen atoms in total. The summed E-state index contributed by atoms with van der Waals surface area (Å²) in [4.78, 5) is 17.4.